The summed E-state index contributed by atoms with van der Waals surface area (Å²) in [7, 11) is 0. The van der Waals surface area contributed by atoms with Crippen molar-refractivity contribution in [1.29, 1.82) is 0 Å². The monoisotopic (exact) mass is 289 g/mol. The highest BCUT2D eigenvalue weighted by atomic mass is 15.2. The number of hydrogen-bond acceptors (Lipinski definition) is 3. The van der Waals surface area contributed by atoms with Crippen LogP contribution in [0.25, 0.3) is 0 Å². The Bertz CT molecular complexity index is 454. The molecule has 1 aliphatic heterocycles. The zero-order valence-corrected chi connectivity index (χ0v) is 14.3. The number of nitrogens with zero attached hydrogens (tertiary/aromatic N) is 2. The van der Waals surface area contributed by atoms with E-state index >= 15 is 0 Å². The molecule has 2 rings (SSSR count). The smallest absolute Gasteiger partial charge is 0.129 e. The van der Waals surface area contributed by atoms with E-state index in [1.54, 1.807) is 0 Å². The van der Waals surface area contributed by atoms with E-state index in [0.717, 1.165) is 32.1 Å². The summed E-state index contributed by atoms with van der Waals surface area (Å²) in [5, 5.41) is 3.55. The standard InChI is InChI=1S/C18H31N3/c1-13(2)10-19-11-16-8-17(14(3)4)20-18(9-16)21-7-6-15(5)12-21/h8-9,13-15,19H,6-7,10-12H2,1-5H3. The Balaban J connectivity index is 2.14. The topological polar surface area (TPSA) is 28.2 Å². The predicted octanol–water partition coefficient (Wildman–Crippen LogP) is 3.80. The van der Waals surface area contributed by atoms with Crippen LogP contribution in [0.15, 0.2) is 12.1 Å². The van der Waals surface area contributed by atoms with Crippen molar-refractivity contribution in [1.82, 2.24) is 10.3 Å². The van der Waals surface area contributed by atoms with Crippen LogP contribution < -0.4 is 10.2 Å². The molecule has 118 valence electrons. The van der Waals surface area contributed by atoms with Crippen LogP contribution in [0.5, 0.6) is 0 Å². The lowest BCUT2D eigenvalue weighted by molar-refractivity contribution is 0.551. The normalized spacial score (nSPS) is 19.0. The molecule has 2 heterocycles. The Morgan fingerprint density at radius 3 is 2.62 bits per heavy atom. The lowest BCUT2D eigenvalue weighted by Crippen LogP contribution is -2.23. The summed E-state index contributed by atoms with van der Waals surface area (Å²) in [6, 6.07) is 4.54. The molecule has 0 saturated carbocycles. The molecule has 0 amide bonds. The average molecular weight is 289 g/mol. The number of pyridine rings is 1. The van der Waals surface area contributed by atoms with Crippen molar-refractivity contribution in [3.63, 3.8) is 0 Å². The molecule has 1 unspecified atom stereocenters. The Morgan fingerprint density at radius 2 is 2.05 bits per heavy atom. The van der Waals surface area contributed by atoms with Crippen molar-refractivity contribution in [3.8, 4) is 0 Å². The summed E-state index contributed by atoms with van der Waals surface area (Å²) < 4.78 is 0. The summed E-state index contributed by atoms with van der Waals surface area (Å²) in [6.07, 6.45) is 1.29. The number of rotatable bonds is 6. The predicted molar refractivity (Wildman–Crippen MR) is 90.9 cm³/mol. The zero-order chi connectivity index (χ0) is 15.4. The molecular weight excluding hydrogens is 258 g/mol. The van der Waals surface area contributed by atoms with Crippen LogP contribution in [0.1, 0.15) is 58.2 Å². The van der Waals surface area contributed by atoms with Crippen LogP contribution in [-0.4, -0.2) is 24.6 Å². The third kappa shape index (κ3) is 4.70. The summed E-state index contributed by atoms with van der Waals surface area (Å²) in [4.78, 5) is 7.34. The fraction of sp³-hybridized carbons (Fsp3) is 0.722. The lowest BCUT2D eigenvalue weighted by atomic mass is 10.1. The van der Waals surface area contributed by atoms with E-state index in [-0.39, 0.29) is 0 Å². The van der Waals surface area contributed by atoms with E-state index in [1.165, 1.54) is 23.5 Å². The SMILES string of the molecule is CC(C)CNCc1cc(C(C)C)nc(N2CCC(C)C2)c1. The molecule has 0 aromatic carbocycles. The summed E-state index contributed by atoms with van der Waals surface area (Å²) in [5.41, 5.74) is 2.58. The number of nitrogens with one attached hydrogen (secondary N) is 1. The van der Waals surface area contributed by atoms with Crippen molar-refractivity contribution in [2.75, 3.05) is 24.5 Å². The number of hydrogen-bond donors (Lipinski definition) is 1. The second-order valence-electron chi connectivity index (χ2n) is 7.28. The van der Waals surface area contributed by atoms with Crippen molar-refractivity contribution in [2.24, 2.45) is 11.8 Å². The molecule has 1 atom stereocenters. The van der Waals surface area contributed by atoms with Gasteiger partial charge in [0.15, 0.2) is 0 Å². The third-order valence-corrected chi connectivity index (χ3v) is 4.11. The summed E-state index contributed by atoms with van der Waals surface area (Å²) in [6.45, 7) is 15.6. The van der Waals surface area contributed by atoms with Gasteiger partial charge in [0.25, 0.3) is 0 Å². The Morgan fingerprint density at radius 1 is 1.29 bits per heavy atom. The quantitative estimate of drug-likeness (QED) is 0.863. The first-order valence-corrected chi connectivity index (χ1v) is 8.42. The second-order valence-corrected chi connectivity index (χ2v) is 7.28. The van der Waals surface area contributed by atoms with Crippen molar-refractivity contribution < 1.29 is 0 Å². The fourth-order valence-corrected chi connectivity index (χ4v) is 2.80. The molecular formula is C18H31N3. The molecule has 1 saturated heterocycles. The highest BCUT2D eigenvalue weighted by molar-refractivity contribution is 5.44. The maximum absolute atomic E-state index is 4.89. The first kappa shape index (κ1) is 16.3. The van der Waals surface area contributed by atoms with Gasteiger partial charge in [0.05, 0.1) is 0 Å². The largest absolute Gasteiger partial charge is 0.356 e. The van der Waals surface area contributed by atoms with Crippen LogP contribution >= 0.6 is 0 Å². The van der Waals surface area contributed by atoms with Crippen LogP contribution in [-0.2, 0) is 6.54 Å². The van der Waals surface area contributed by atoms with Gasteiger partial charge < -0.3 is 10.2 Å². The van der Waals surface area contributed by atoms with Gasteiger partial charge in [-0.05, 0) is 48.4 Å². The van der Waals surface area contributed by atoms with Gasteiger partial charge in [-0.15, -0.1) is 0 Å². The summed E-state index contributed by atoms with van der Waals surface area (Å²) in [5.74, 6) is 3.13. The van der Waals surface area contributed by atoms with E-state index in [0.29, 0.717) is 11.8 Å². The molecule has 0 spiro atoms. The third-order valence-electron chi connectivity index (χ3n) is 4.11. The molecule has 21 heavy (non-hydrogen) atoms. The maximum atomic E-state index is 4.89. The van der Waals surface area contributed by atoms with Gasteiger partial charge >= 0.3 is 0 Å². The van der Waals surface area contributed by atoms with Gasteiger partial charge in [-0.2, -0.15) is 0 Å². The van der Waals surface area contributed by atoms with Gasteiger partial charge in [-0.3, -0.25) is 0 Å². The van der Waals surface area contributed by atoms with Crippen molar-refractivity contribution in [3.05, 3.63) is 23.4 Å². The van der Waals surface area contributed by atoms with Gasteiger partial charge in [0.2, 0.25) is 0 Å². The molecule has 3 nitrogen and oxygen atoms in total. The van der Waals surface area contributed by atoms with Crippen LogP contribution in [0.3, 0.4) is 0 Å². The van der Waals surface area contributed by atoms with Crippen LogP contribution in [0.4, 0.5) is 5.82 Å². The fourth-order valence-electron chi connectivity index (χ4n) is 2.80. The Hall–Kier alpha value is -1.09. The Labute approximate surface area is 130 Å². The van der Waals surface area contributed by atoms with E-state index in [4.69, 9.17) is 4.98 Å². The van der Waals surface area contributed by atoms with E-state index in [9.17, 15) is 0 Å². The minimum atomic E-state index is 0.480. The van der Waals surface area contributed by atoms with Crippen molar-refractivity contribution >= 4 is 5.82 Å². The Kier molecular flexibility index (Phi) is 5.63. The van der Waals surface area contributed by atoms with Gasteiger partial charge in [0, 0.05) is 25.3 Å². The first-order chi connectivity index (χ1) is 9.95. The maximum Gasteiger partial charge on any atom is 0.129 e. The highest BCUT2D eigenvalue weighted by Crippen LogP contribution is 2.25. The van der Waals surface area contributed by atoms with Crippen LogP contribution in [0.2, 0.25) is 0 Å². The van der Waals surface area contributed by atoms with E-state index in [1.807, 2.05) is 0 Å². The second kappa shape index (κ2) is 7.26. The number of aromatic nitrogens is 1. The van der Waals surface area contributed by atoms with E-state index < -0.39 is 0 Å². The van der Waals surface area contributed by atoms with Gasteiger partial charge in [-0.25, -0.2) is 4.98 Å². The van der Waals surface area contributed by atoms with Gasteiger partial charge in [-0.1, -0.05) is 34.6 Å². The molecule has 1 aliphatic rings. The minimum Gasteiger partial charge on any atom is -0.356 e. The number of anilines is 1. The van der Waals surface area contributed by atoms with Crippen molar-refractivity contribution in [2.45, 2.75) is 53.5 Å². The van der Waals surface area contributed by atoms with E-state index in [2.05, 4.69) is 57.0 Å². The summed E-state index contributed by atoms with van der Waals surface area (Å²) >= 11 is 0. The average Bonchev–Trinajstić information content (AvgIpc) is 2.84. The molecule has 0 aliphatic carbocycles. The zero-order valence-electron chi connectivity index (χ0n) is 14.3. The lowest BCUT2D eigenvalue weighted by Gasteiger charge is -2.20. The molecule has 1 aromatic heterocycles. The van der Waals surface area contributed by atoms with Gasteiger partial charge in [0.1, 0.15) is 5.82 Å². The molecule has 1 fully saturated rings. The highest BCUT2D eigenvalue weighted by Gasteiger charge is 2.21. The first-order valence-electron chi connectivity index (χ1n) is 8.42. The molecule has 1 aromatic rings. The molecule has 0 bridgehead atoms. The minimum absolute atomic E-state index is 0.480. The van der Waals surface area contributed by atoms with Crippen LogP contribution in [0, 0.1) is 11.8 Å². The molecule has 3 heteroatoms. The molecule has 1 N–H and O–H groups in total. The molecule has 0 radical (unpaired) electrons.